The molecule has 1 aromatic heterocycles. The van der Waals surface area contributed by atoms with Crippen molar-refractivity contribution in [2.75, 3.05) is 0 Å². The Bertz CT molecular complexity index is 757. The third kappa shape index (κ3) is 2.08. The Kier molecular flexibility index (Phi) is 3.03. The fourth-order valence-electron chi connectivity index (χ4n) is 2.23. The molecular formula is C16H12F2O2. The molecule has 0 fully saturated rings. The van der Waals surface area contributed by atoms with Gasteiger partial charge in [-0.2, -0.15) is 0 Å². The predicted molar refractivity (Wildman–Crippen MR) is 71.4 cm³/mol. The Morgan fingerprint density at radius 1 is 1.05 bits per heavy atom. The largest absolute Gasteiger partial charge is 0.458 e. The van der Waals surface area contributed by atoms with Crippen LogP contribution in [0.5, 0.6) is 0 Å². The smallest absolute Gasteiger partial charge is 0.142 e. The molecule has 0 saturated heterocycles. The second-order valence-electron chi connectivity index (χ2n) is 4.73. The molecule has 20 heavy (non-hydrogen) atoms. The minimum atomic E-state index is -1.47. The zero-order valence-corrected chi connectivity index (χ0v) is 10.7. The standard InChI is InChI=1S/C16H12F2O2/c1-9-5-6-13-10(7-9)8-14(20-13)16(19)15-11(17)3-2-4-12(15)18/h2-8,16,19H,1H3. The highest BCUT2D eigenvalue weighted by molar-refractivity contribution is 5.78. The van der Waals surface area contributed by atoms with Gasteiger partial charge in [0.15, 0.2) is 0 Å². The van der Waals surface area contributed by atoms with Gasteiger partial charge in [-0.05, 0) is 37.3 Å². The summed E-state index contributed by atoms with van der Waals surface area (Å²) in [6.45, 7) is 1.93. The molecule has 0 radical (unpaired) electrons. The molecule has 0 bridgehead atoms. The molecule has 0 aliphatic heterocycles. The number of aryl methyl sites for hydroxylation is 1. The molecule has 0 spiro atoms. The van der Waals surface area contributed by atoms with Crippen LogP contribution in [0.1, 0.15) is 23.0 Å². The molecule has 0 amide bonds. The van der Waals surface area contributed by atoms with E-state index in [9.17, 15) is 13.9 Å². The van der Waals surface area contributed by atoms with Crippen LogP contribution in [0.2, 0.25) is 0 Å². The second-order valence-corrected chi connectivity index (χ2v) is 4.73. The number of aliphatic hydroxyl groups excluding tert-OH is 1. The zero-order chi connectivity index (χ0) is 14.3. The van der Waals surface area contributed by atoms with Crippen molar-refractivity contribution in [3.63, 3.8) is 0 Å². The van der Waals surface area contributed by atoms with Crippen LogP contribution in [0.4, 0.5) is 8.78 Å². The summed E-state index contributed by atoms with van der Waals surface area (Å²) in [6.07, 6.45) is -1.47. The fraction of sp³-hybridized carbons (Fsp3) is 0.125. The molecule has 2 nitrogen and oxygen atoms in total. The first-order valence-corrected chi connectivity index (χ1v) is 6.18. The van der Waals surface area contributed by atoms with Gasteiger partial charge in [0.2, 0.25) is 0 Å². The van der Waals surface area contributed by atoms with E-state index in [1.807, 2.05) is 19.1 Å². The first kappa shape index (κ1) is 12.8. The average Bonchev–Trinajstić information content (AvgIpc) is 2.81. The van der Waals surface area contributed by atoms with Gasteiger partial charge in [0, 0.05) is 5.39 Å². The maximum atomic E-state index is 13.7. The molecule has 3 rings (SSSR count). The number of furan rings is 1. The van der Waals surface area contributed by atoms with Crippen molar-refractivity contribution < 1.29 is 18.3 Å². The van der Waals surface area contributed by atoms with Gasteiger partial charge in [0.05, 0.1) is 5.56 Å². The number of benzene rings is 2. The molecule has 3 aromatic rings. The Balaban J connectivity index is 2.10. The quantitative estimate of drug-likeness (QED) is 0.763. The monoisotopic (exact) mass is 274 g/mol. The van der Waals surface area contributed by atoms with E-state index in [-0.39, 0.29) is 5.76 Å². The van der Waals surface area contributed by atoms with Crippen molar-refractivity contribution in [2.45, 2.75) is 13.0 Å². The summed E-state index contributed by atoms with van der Waals surface area (Å²) in [7, 11) is 0. The number of halogens is 2. The molecule has 0 aliphatic rings. The minimum absolute atomic E-state index is 0.120. The van der Waals surface area contributed by atoms with Gasteiger partial charge < -0.3 is 9.52 Å². The summed E-state index contributed by atoms with van der Waals surface area (Å²) >= 11 is 0. The topological polar surface area (TPSA) is 33.4 Å². The molecule has 0 aliphatic carbocycles. The maximum absolute atomic E-state index is 13.7. The van der Waals surface area contributed by atoms with Gasteiger partial charge >= 0.3 is 0 Å². The van der Waals surface area contributed by atoms with Crippen LogP contribution in [0, 0.1) is 18.6 Å². The highest BCUT2D eigenvalue weighted by atomic mass is 19.1. The summed E-state index contributed by atoms with van der Waals surface area (Å²) in [6, 6.07) is 10.6. The van der Waals surface area contributed by atoms with Crippen LogP contribution in [-0.2, 0) is 0 Å². The second kappa shape index (κ2) is 4.72. The molecule has 1 atom stereocenters. The number of fused-ring (bicyclic) bond motifs is 1. The molecule has 2 aromatic carbocycles. The van der Waals surface area contributed by atoms with Crippen molar-refractivity contribution in [3.05, 3.63) is 71.0 Å². The van der Waals surface area contributed by atoms with Crippen LogP contribution < -0.4 is 0 Å². The van der Waals surface area contributed by atoms with Gasteiger partial charge in [0.1, 0.15) is 29.1 Å². The van der Waals surface area contributed by atoms with Crippen molar-refractivity contribution in [1.82, 2.24) is 0 Å². The molecule has 4 heteroatoms. The molecule has 102 valence electrons. The lowest BCUT2D eigenvalue weighted by Gasteiger charge is -2.09. The average molecular weight is 274 g/mol. The first-order valence-electron chi connectivity index (χ1n) is 6.18. The van der Waals surface area contributed by atoms with E-state index in [1.54, 1.807) is 12.1 Å². The Morgan fingerprint density at radius 2 is 1.75 bits per heavy atom. The van der Waals surface area contributed by atoms with E-state index >= 15 is 0 Å². The minimum Gasteiger partial charge on any atom is -0.458 e. The van der Waals surface area contributed by atoms with Gasteiger partial charge in [-0.3, -0.25) is 0 Å². The van der Waals surface area contributed by atoms with E-state index in [2.05, 4.69) is 0 Å². The Hall–Kier alpha value is -2.20. The first-order chi connectivity index (χ1) is 9.56. The number of aliphatic hydroxyl groups is 1. The van der Waals surface area contributed by atoms with Crippen LogP contribution in [0.25, 0.3) is 11.0 Å². The van der Waals surface area contributed by atoms with Crippen LogP contribution >= 0.6 is 0 Å². The number of rotatable bonds is 2. The van der Waals surface area contributed by atoms with Gasteiger partial charge in [-0.15, -0.1) is 0 Å². The zero-order valence-electron chi connectivity index (χ0n) is 10.7. The maximum Gasteiger partial charge on any atom is 0.142 e. The highest BCUT2D eigenvalue weighted by Gasteiger charge is 2.22. The summed E-state index contributed by atoms with van der Waals surface area (Å²) in [4.78, 5) is 0. The molecule has 0 saturated carbocycles. The summed E-state index contributed by atoms with van der Waals surface area (Å²) in [5.74, 6) is -1.47. The van der Waals surface area contributed by atoms with Crippen LogP contribution in [0.15, 0.2) is 46.9 Å². The van der Waals surface area contributed by atoms with Crippen LogP contribution in [0.3, 0.4) is 0 Å². The molecule has 1 heterocycles. The summed E-state index contributed by atoms with van der Waals surface area (Å²) in [5, 5.41) is 10.9. The van der Waals surface area contributed by atoms with Crippen LogP contribution in [-0.4, -0.2) is 5.11 Å². The summed E-state index contributed by atoms with van der Waals surface area (Å²) in [5.41, 5.74) is 1.21. The molecular weight excluding hydrogens is 262 g/mol. The summed E-state index contributed by atoms with van der Waals surface area (Å²) < 4.78 is 32.8. The van der Waals surface area contributed by atoms with E-state index in [4.69, 9.17) is 4.42 Å². The van der Waals surface area contributed by atoms with E-state index < -0.39 is 23.3 Å². The Morgan fingerprint density at radius 3 is 2.45 bits per heavy atom. The number of hydrogen-bond donors (Lipinski definition) is 1. The van der Waals surface area contributed by atoms with Crippen molar-refractivity contribution in [1.29, 1.82) is 0 Å². The fourth-order valence-corrected chi connectivity index (χ4v) is 2.23. The van der Waals surface area contributed by atoms with Gasteiger partial charge in [-0.1, -0.05) is 17.7 Å². The lowest BCUT2D eigenvalue weighted by Crippen LogP contribution is -2.04. The van der Waals surface area contributed by atoms with Crippen molar-refractivity contribution in [3.8, 4) is 0 Å². The third-order valence-electron chi connectivity index (χ3n) is 3.23. The lowest BCUT2D eigenvalue weighted by atomic mass is 10.1. The normalized spacial score (nSPS) is 12.8. The van der Waals surface area contributed by atoms with Crippen molar-refractivity contribution in [2.24, 2.45) is 0 Å². The van der Waals surface area contributed by atoms with Gasteiger partial charge in [-0.25, -0.2) is 8.78 Å². The van der Waals surface area contributed by atoms with Gasteiger partial charge in [0.25, 0.3) is 0 Å². The third-order valence-corrected chi connectivity index (χ3v) is 3.23. The van der Waals surface area contributed by atoms with E-state index in [0.717, 1.165) is 23.1 Å². The van der Waals surface area contributed by atoms with Crippen molar-refractivity contribution >= 4 is 11.0 Å². The SMILES string of the molecule is Cc1ccc2oc(C(O)c3c(F)cccc3F)cc2c1. The van der Waals surface area contributed by atoms with E-state index in [1.165, 1.54) is 6.07 Å². The molecule has 1 unspecified atom stereocenters. The van der Waals surface area contributed by atoms with E-state index in [0.29, 0.717) is 5.58 Å². The Labute approximate surface area is 114 Å². The lowest BCUT2D eigenvalue weighted by molar-refractivity contribution is 0.182. The predicted octanol–water partition coefficient (Wildman–Crippen LogP) is 4.10. The molecule has 1 N–H and O–H groups in total. The number of hydrogen-bond acceptors (Lipinski definition) is 2. The highest BCUT2D eigenvalue weighted by Crippen LogP contribution is 2.31.